The Hall–Kier alpha value is -0.0800. The molecule has 94 valence electrons. The molecule has 0 unspecified atom stereocenters. The normalized spacial score (nSPS) is 23.9. The summed E-state index contributed by atoms with van der Waals surface area (Å²) >= 11 is 0. The van der Waals surface area contributed by atoms with Crippen LogP contribution in [0.1, 0.15) is 26.2 Å². The van der Waals surface area contributed by atoms with Crippen LogP contribution >= 0.6 is 24.0 Å². The zero-order valence-corrected chi connectivity index (χ0v) is 11.9. The van der Waals surface area contributed by atoms with E-state index in [9.17, 15) is 0 Å². The largest absolute Gasteiger partial charge is 0.370 e. The molecule has 2 fully saturated rings. The molecule has 3 N–H and O–H groups in total. The van der Waals surface area contributed by atoms with Gasteiger partial charge in [0.2, 0.25) is 0 Å². The van der Waals surface area contributed by atoms with Crippen molar-refractivity contribution in [2.24, 2.45) is 10.7 Å². The van der Waals surface area contributed by atoms with Gasteiger partial charge in [-0.3, -0.25) is 4.99 Å². The van der Waals surface area contributed by atoms with Crippen LogP contribution in [0.3, 0.4) is 0 Å². The van der Waals surface area contributed by atoms with E-state index in [0.29, 0.717) is 31.8 Å². The molecular formula is C10H20IN3O2. The van der Waals surface area contributed by atoms with Crippen LogP contribution < -0.4 is 11.1 Å². The van der Waals surface area contributed by atoms with E-state index in [1.165, 1.54) is 12.8 Å². The number of ether oxygens (including phenoxy) is 2. The van der Waals surface area contributed by atoms with Crippen LogP contribution in [0.15, 0.2) is 4.99 Å². The van der Waals surface area contributed by atoms with Crippen LogP contribution in [-0.4, -0.2) is 37.5 Å². The minimum Gasteiger partial charge on any atom is -0.370 e. The van der Waals surface area contributed by atoms with E-state index in [1.807, 2.05) is 6.92 Å². The maximum absolute atomic E-state index is 5.70. The highest BCUT2D eigenvalue weighted by Gasteiger charge is 2.30. The van der Waals surface area contributed by atoms with Crippen molar-refractivity contribution in [3.05, 3.63) is 0 Å². The molecule has 0 spiro atoms. The smallest absolute Gasteiger partial charge is 0.188 e. The van der Waals surface area contributed by atoms with Crippen molar-refractivity contribution in [3.63, 3.8) is 0 Å². The number of nitrogens with one attached hydrogen (secondary N) is 1. The van der Waals surface area contributed by atoms with Crippen molar-refractivity contribution in [2.75, 3.05) is 19.8 Å². The number of aliphatic imine (C=N–C) groups is 1. The Morgan fingerprint density at radius 3 is 2.62 bits per heavy atom. The summed E-state index contributed by atoms with van der Waals surface area (Å²) in [5, 5.41) is 3.14. The molecule has 1 saturated carbocycles. The highest BCUT2D eigenvalue weighted by molar-refractivity contribution is 14.0. The third kappa shape index (κ3) is 4.42. The van der Waals surface area contributed by atoms with Crippen LogP contribution in [0.2, 0.25) is 0 Å². The Morgan fingerprint density at radius 1 is 1.44 bits per heavy atom. The van der Waals surface area contributed by atoms with Gasteiger partial charge in [0.25, 0.3) is 0 Å². The topological polar surface area (TPSA) is 68.9 Å². The lowest BCUT2D eigenvalue weighted by molar-refractivity contribution is -0.144. The maximum Gasteiger partial charge on any atom is 0.188 e. The lowest BCUT2D eigenvalue weighted by atomic mass is 10.2. The molecule has 1 heterocycles. The first-order valence-corrected chi connectivity index (χ1v) is 5.52. The van der Waals surface area contributed by atoms with Crippen LogP contribution in [-0.2, 0) is 9.47 Å². The van der Waals surface area contributed by atoms with E-state index in [-0.39, 0.29) is 24.0 Å². The van der Waals surface area contributed by atoms with Crippen molar-refractivity contribution in [1.82, 2.24) is 5.32 Å². The minimum atomic E-state index is -0.455. The fourth-order valence-electron chi connectivity index (χ4n) is 1.56. The molecule has 5 nitrogen and oxygen atoms in total. The fourth-order valence-corrected chi connectivity index (χ4v) is 1.56. The Morgan fingerprint density at radius 2 is 2.06 bits per heavy atom. The van der Waals surface area contributed by atoms with Crippen molar-refractivity contribution < 1.29 is 9.47 Å². The van der Waals surface area contributed by atoms with Gasteiger partial charge < -0.3 is 20.5 Å². The second-order valence-electron chi connectivity index (χ2n) is 4.27. The first kappa shape index (κ1) is 14.0. The lowest BCUT2D eigenvalue weighted by Crippen LogP contribution is -2.34. The minimum absolute atomic E-state index is 0. The van der Waals surface area contributed by atoms with Crippen molar-refractivity contribution in [2.45, 2.75) is 38.0 Å². The molecular weight excluding hydrogens is 321 g/mol. The molecule has 0 atom stereocenters. The van der Waals surface area contributed by atoms with Crippen LogP contribution in [0.25, 0.3) is 0 Å². The second kappa shape index (κ2) is 6.02. The van der Waals surface area contributed by atoms with Gasteiger partial charge in [-0.2, -0.15) is 0 Å². The first-order chi connectivity index (χ1) is 7.18. The van der Waals surface area contributed by atoms with Gasteiger partial charge in [-0.1, -0.05) is 0 Å². The number of rotatable bonds is 4. The highest BCUT2D eigenvalue weighted by atomic mass is 127. The summed E-state index contributed by atoms with van der Waals surface area (Å²) in [5.41, 5.74) is 5.70. The summed E-state index contributed by atoms with van der Waals surface area (Å²) in [5.74, 6) is 0.0858. The van der Waals surface area contributed by atoms with Gasteiger partial charge in [-0.25, -0.2) is 0 Å². The SMILES string of the molecule is CC1(CCN=C(N)NC2CC2)OCCO1.I. The molecule has 0 amide bonds. The van der Waals surface area contributed by atoms with Gasteiger partial charge >= 0.3 is 0 Å². The van der Waals surface area contributed by atoms with Gasteiger partial charge in [0.15, 0.2) is 11.7 Å². The summed E-state index contributed by atoms with van der Waals surface area (Å²) in [6.07, 6.45) is 3.17. The predicted molar refractivity (Wildman–Crippen MR) is 73.0 cm³/mol. The quantitative estimate of drug-likeness (QED) is 0.451. The number of hydrogen-bond donors (Lipinski definition) is 2. The average molecular weight is 341 g/mol. The number of hydrogen-bond acceptors (Lipinski definition) is 3. The maximum atomic E-state index is 5.70. The third-order valence-corrected chi connectivity index (χ3v) is 2.68. The van der Waals surface area contributed by atoms with Gasteiger partial charge in [0, 0.05) is 19.0 Å². The molecule has 16 heavy (non-hydrogen) atoms. The van der Waals surface area contributed by atoms with Gasteiger partial charge in [-0.15, -0.1) is 24.0 Å². The van der Waals surface area contributed by atoms with E-state index >= 15 is 0 Å². The van der Waals surface area contributed by atoms with Crippen LogP contribution in [0, 0.1) is 0 Å². The molecule has 1 aliphatic carbocycles. The van der Waals surface area contributed by atoms with Crippen LogP contribution in [0.4, 0.5) is 0 Å². The average Bonchev–Trinajstić information content (AvgIpc) is 2.88. The summed E-state index contributed by atoms with van der Waals surface area (Å²) in [4.78, 5) is 4.24. The van der Waals surface area contributed by atoms with Crippen molar-refractivity contribution in [3.8, 4) is 0 Å². The number of nitrogens with two attached hydrogens (primary N) is 1. The Bertz CT molecular complexity index is 250. The van der Waals surface area contributed by atoms with E-state index in [1.54, 1.807) is 0 Å². The van der Waals surface area contributed by atoms with Crippen molar-refractivity contribution >= 4 is 29.9 Å². The molecule has 0 aromatic heterocycles. The summed E-state index contributed by atoms with van der Waals surface area (Å²) in [7, 11) is 0. The fraction of sp³-hybridized carbons (Fsp3) is 0.900. The number of guanidine groups is 1. The lowest BCUT2D eigenvalue weighted by Gasteiger charge is -2.20. The molecule has 2 rings (SSSR count). The first-order valence-electron chi connectivity index (χ1n) is 5.52. The monoisotopic (exact) mass is 341 g/mol. The molecule has 0 aromatic rings. The third-order valence-electron chi connectivity index (χ3n) is 2.68. The van der Waals surface area contributed by atoms with Gasteiger partial charge in [0.05, 0.1) is 13.2 Å². The predicted octanol–water partition coefficient (Wildman–Crippen LogP) is 0.824. The van der Waals surface area contributed by atoms with E-state index in [2.05, 4.69) is 10.3 Å². The Labute approximate surface area is 113 Å². The number of halogens is 1. The zero-order valence-electron chi connectivity index (χ0n) is 9.57. The standard InChI is InChI=1S/C10H19N3O2.HI/c1-10(14-6-7-15-10)4-5-12-9(11)13-8-2-3-8;/h8H,2-7H2,1H3,(H3,11,12,13);1H. The molecule has 2 aliphatic rings. The molecule has 1 saturated heterocycles. The Kier molecular flexibility index (Phi) is 5.26. The molecule has 0 aromatic carbocycles. The molecule has 6 heteroatoms. The van der Waals surface area contributed by atoms with Gasteiger partial charge in [-0.05, 0) is 19.8 Å². The van der Waals surface area contributed by atoms with E-state index in [4.69, 9.17) is 15.2 Å². The van der Waals surface area contributed by atoms with Crippen LogP contribution in [0.5, 0.6) is 0 Å². The Balaban J connectivity index is 0.00000128. The number of nitrogens with zero attached hydrogens (tertiary/aromatic N) is 1. The zero-order chi connectivity index (χ0) is 10.7. The highest BCUT2D eigenvalue weighted by Crippen LogP contribution is 2.22. The van der Waals surface area contributed by atoms with E-state index < -0.39 is 5.79 Å². The second-order valence-corrected chi connectivity index (χ2v) is 4.27. The van der Waals surface area contributed by atoms with Crippen molar-refractivity contribution in [1.29, 1.82) is 0 Å². The molecule has 1 aliphatic heterocycles. The molecule has 0 bridgehead atoms. The summed E-state index contributed by atoms with van der Waals surface area (Å²) in [6.45, 7) is 3.94. The summed E-state index contributed by atoms with van der Waals surface area (Å²) < 4.78 is 10.9. The molecule has 0 radical (unpaired) electrons. The summed E-state index contributed by atoms with van der Waals surface area (Å²) in [6, 6.07) is 0.559. The van der Waals surface area contributed by atoms with Gasteiger partial charge in [0.1, 0.15) is 0 Å². The van der Waals surface area contributed by atoms with E-state index in [0.717, 1.165) is 6.42 Å².